The van der Waals surface area contributed by atoms with Gasteiger partial charge in [-0.1, -0.05) is 70.7 Å². The van der Waals surface area contributed by atoms with Crippen LogP contribution in [0.2, 0.25) is 0 Å². The van der Waals surface area contributed by atoms with Gasteiger partial charge in [0.25, 0.3) is 11.8 Å². The van der Waals surface area contributed by atoms with Crippen molar-refractivity contribution in [3.8, 4) is 23.7 Å². The van der Waals surface area contributed by atoms with Crippen LogP contribution in [0.1, 0.15) is 64.5 Å². The van der Waals surface area contributed by atoms with E-state index < -0.39 is 316 Å². The molecule has 40 atom stereocenters. The first-order valence-electron chi connectivity index (χ1n) is 47.0. The van der Waals surface area contributed by atoms with Crippen LogP contribution in [0.5, 0.6) is 0 Å². The Kier molecular flexibility index (Phi) is 40.3. The minimum atomic E-state index is -1.91. The highest BCUT2D eigenvalue weighted by Gasteiger charge is 2.57. The van der Waals surface area contributed by atoms with Crippen molar-refractivity contribution in [3.63, 3.8) is 0 Å². The van der Waals surface area contributed by atoms with Gasteiger partial charge in [-0.25, -0.2) is 4.79 Å². The summed E-state index contributed by atoms with van der Waals surface area (Å²) in [5.74, 6) is 9.56. The fraction of sp³-hybridized carbons (Fsp3) is 0.598. The van der Waals surface area contributed by atoms with Crippen LogP contribution in [0.4, 0.5) is 0 Å². The zero-order chi connectivity index (χ0) is 108. The number of amidine groups is 4. The Hall–Kier alpha value is -8.17. The van der Waals surface area contributed by atoms with Crippen molar-refractivity contribution in [2.24, 2.45) is 20.0 Å². The van der Waals surface area contributed by atoms with E-state index in [4.69, 9.17) is 61.6 Å². The van der Waals surface area contributed by atoms with E-state index in [0.29, 0.717) is 41.9 Å². The van der Waals surface area contributed by atoms with E-state index in [1.165, 1.54) is 18.2 Å². The Morgan fingerprint density at radius 1 is 0.307 bits per heavy atom. The smallest absolute Gasteiger partial charge is 0.337 e. The topological polar surface area (TPSA) is 859 Å². The van der Waals surface area contributed by atoms with Crippen LogP contribution in [-0.2, 0) is 61.6 Å². The molecule has 0 radical (unpaired) electrons. The third-order valence-corrected chi connectivity index (χ3v) is 29.6. The van der Waals surface area contributed by atoms with E-state index in [1.54, 1.807) is 60.7 Å². The molecule has 0 spiro atoms. The van der Waals surface area contributed by atoms with E-state index in [1.807, 2.05) is 0 Å². The lowest BCUT2D eigenvalue weighted by Gasteiger charge is -2.46. The fourth-order valence-corrected chi connectivity index (χ4v) is 21.2. The predicted molar refractivity (Wildman–Crippen MR) is 519 cm³/mol. The van der Waals surface area contributed by atoms with Crippen LogP contribution in [0.3, 0.4) is 0 Å². The molecule has 824 valence electrons. The number of esters is 1. The summed E-state index contributed by atoms with van der Waals surface area (Å²) in [5.41, 5.74) is 2.34. The average Bonchev–Trinajstić information content (AvgIpc) is 0.984. The van der Waals surface area contributed by atoms with Crippen molar-refractivity contribution in [2.45, 2.75) is 245 Å². The van der Waals surface area contributed by atoms with E-state index in [0.717, 1.165) is 54.2 Å². The largest absolute Gasteiger partial charge is 0.465 e. The van der Waals surface area contributed by atoms with Gasteiger partial charge in [0, 0.05) is 41.9 Å². The van der Waals surface area contributed by atoms with Gasteiger partial charge in [-0.2, -0.15) is 0 Å². The zero-order valence-corrected chi connectivity index (χ0v) is 82.2. The number of carbonyl (C=O) groups excluding carboxylic acids is 3. The molecule has 3 aromatic carbocycles. The summed E-state index contributed by atoms with van der Waals surface area (Å²) in [6, 6.07) is 14.0. The molecular formula is C92H118N10O44S4. The lowest BCUT2D eigenvalue weighted by Crippen LogP contribution is -2.66. The van der Waals surface area contributed by atoms with Crippen molar-refractivity contribution in [1.82, 2.24) is 31.9 Å². The molecule has 2 amide bonds. The molecule has 0 saturated carbocycles. The molecule has 58 heteroatoms. The zero-order valence-electron chi connectivity index (χ0n) is 79.0. The van der Waals surface area contributed by atoms with Gasteiger partial charge >= 0.3 is 5.97 Å². The molecule has 150 heavy (non-hydrogen) atoms. The van der Waals surface area contributed by atoms with Crippen molar-refractivity contribution in [2.75, 3.05) is 99.2 Å². The number of aliphatic hydroxyl groups excluding tert-OH is 28. The highest BCUT2D eigenvalue weighted by Crippen LogP contribution is 2.40. The second-order valence-corrected chi connectivity index (χ2v) is 40.6. The molecule has 8 saturated heterocycles. The Balaban J connectivity index is 0.626. The lowest BCUT2D eigenvalue weighted by atomic mass is 9.96. The van der Waals surface area contributed by atoms with E-state index >= 15 is 0 Å². The molecule has 8 fully saturated rings. The molecule has 0 unspecified atom stereocenters. The summed E-state index contributed by atoms with van der Waals surface area (Å²) in [5, 5.41) is 315. The summed E-state index contributed by atoms with van der Waals surface area (Å²) >= 11 is 4.26. The maximum atomic E-state index is 14.5. The number of hydrogen-bond acceptors (Lipinski definition) is 56. The summed E-state index contributed by atoms with van der Waals surface area (Å²) < 4.78 is 73.3. The van der Waals surface area contributed by atoms with Crippen molar-refractivity contribution in [1.29, 1.82) is 0 Å². The Labute approximate surface area is 868 Å². The number of thioether (sulfide) groups is 4. The number of hydrogen-bond donors (Lipinski definition) is 34. The Morgan fingerprint density at radius 3 is 0.773 bits per heavy atom. The molecule has 0 bridgehead atoms. The molecule has 15 rings (SSSR count). The number of carbonyl (C=O) groups is 3. The highest BCUT2D eigenvalue weighted by molar-refractivity contribution is 8.18. The number of benzene rings is 3. The molecule has 12 aliphatic heterocycles. The van der Waals surface area contributed by atoms with Gasteiger partial charge in [-0.15, -0.1) is 0 Å². The van der Waals surface area contributed by atoms with Crippen molar-refractivity contribution in [3.05, 3.63) is 124 Å². The lowest BCUT2D eigenvalue weighted by molar-refractivity contribution is -0.342. The van der Waals surface area contributed by atoms with E-state index in [-0.39, 0.29) is 87.8 Å². The molecule has 0 aromatic heterocycles. The minimum absolute atomic E-state index is 0.0117. The van der Waals surface area contributed by atoms with Crippen LogP contribution in [0.25, 0.3) is 24.3 Å². The number of nitrogens with one attached hydrogen (secondary N) is 6. The van der Waals surface area contributed by atoms with E-state index in [9.17, 15) is 157 Å². The second-order valence-electron chi connectivity index (χ2n) is 36.2. The minimum Gasteiger partial charge on any atom is -0.465 e. The maximum absolute atomic E-state index is 14.5. The monoisotopic (exact) mass is 2190 g/mol. The number of methoxy groups -OCH3 is 1. The van der Waals surface area contributed by atoms with Gasteiger partial charge in [0.15, 0.2) is 70.7 Å². The number of aliphatic imine (C=N–C) groups is 4. The normalized spacial score (nSPS) is 39.2. The average molecular weight is 2200 g/mol. The maximum Gasteiger partial charge on any atom is 0.337 e. The van der Waals surface area contributed by atoms with Crippen LogP contribution < -0.4 is 31.9 Å². The number of nitrogens with zero attached hydrogens (tertiary/aromatic N) is 4. The van der Waals surface area contributed by atoms with Crippen LogP contribution in [0.15, 0.2) is 94.2 Å². The number of amides is 2. The number of ether oxygens (including phenoxy) is 13. The molecule has 34 N–H and O–H groups in total. The van der Waals surface area contributed by atoms with Gasteiger partial charge < -0.3 is 236 Å². The quantitative estimate of drug-likeness (QED) is 0.0227. The molecule has 12 aliphatic rings. The van der Waals surface area contributed by atoms with Gasteiger partial charge in [-0.05, 0) is 101 Å². The van der Waals surface area contributed by atoms with Gasteiger partial charge in [0.05, 0.1) is 105 Å². The summed E-state index contributed by atoms with van der Waals surface area (Å²) in [7, 11) is 1.15. The van der Waals surface area contributed by atoms with Crippen molar-refractivity contribution >= 4 is 110 Å². The van der Waals surface area contributed by atoms with Crippen LogP contribution in [-0.4, -0.2) is 526 Å². The molecular weight excluding hydrogens is 2080 g/mol. The van der Waals surface area contributed by atoms with Gasteiger partial charge in [0.1, 0.15) is 195 Å². The third kappa shape index (κ3) is 27.0. The van der Waals surface area contributed by atoms with Gasteiger partial charge in [0.2, 0.25) is 0 Å². The first-order chi connectivity index (χ1) is 71.8. The number of aliphatic hydroxyl groups is 28. The third-order valence-electron chi connectivity index (χ3n) is 25.8. The first kappa shape index (κ1) is 116. The Bertz CT molecular complexity index is 5010. The molecule has 54 nitrogen and oxygen atoms in total. The molecule has 0 aliphatic carbocycles. The highest BCUT2D eigenvalue weighted by atomic mass is 32.2. The van der Waals surface area contributed by atoms with Gasteiger partial charge in [-0.3, -0.25) is 29.6 Å². The summed E-state index contributed by atoms with van der Waals surface area (Å²) in [6.07, 6.45) is -60.5. The van der Waals surface area contributed by atoms with Crippen LogP contribution >= 0.6 is 47.0 Å². The molecule has 3 aromatic rings. The molecule has 12 heterocycles. The fourth-order valence-electron chi connectivity index (χ4n) is 17.7. The second kappa shape index (κ2) is 52.1. The first-order valence-corrected chi connectivity index (χ1v) is 50.3. The standard InChI is InChI=1S/C92H118N10O44S4/c1-134-84(133)41-11-33(4-2-6-93-78(131)39-13-35(17-42-21-95-89(147-42)99-80-66(123)62(119)74(50(29-107)135-80)143-85-70(127)58(115)54(111)46(25-103)139-85)9-36(14-39)18-43-22-96-90(148-43)100-81-67(124)63(120)75(51(30-108)136-81)144-86-71(128)59(116)55(112)47(26-104)140-86)8-34(12-41)5-3-7-94-79(132)40-15-37(19-44-23-97-91(149-44)101-82-68(125)64(121)76(52(31-109)137-82)145-87-72(129)60(117)56(113)48(27-105)141-87)10-38(16-40)20-45-24-98-92(150-45)102-83-69(126)65(122)77(53(32-110)138-83)146-88-73(130)61(118)57(114)49(28-106)142-88/h8-20,46-77,80-83,85-88,103-130H,6-7,21-32H2,1H3,(H,93,131)(H,94,132)(H,95,99)(H,96,100)(H,97,101)(H,98,102)/b42-17+,43-18+,44-19+,45-20+/t46-,47-,48-,49-,50-,51-,52-,53-,54+,55+,56+,57+,58+,59+,60+,61+,62-,63-,64-,65-,66-,67-,68-,69-,70-,71-,72-,73-,74-,75-,76-,77-,80-,81-,82-,83-,85+,86+,87+,88+/m1/s1. The van der Waals surface area contributed by atoms with E-state index in [2.05, 4.69) is 75.6 Å². The predicted octanol–water partition coefficient (Wildman–Crippen LogP) is -14.3. The van der Waals surface area contributed by atoms with Crippen molar-refractivity contribution < 1.29 is 219 Å². The summed E-state index contributed by atoms with van der Waals surface area (Å²) in [4.78, 5) is 62.5. The van der Waals surface area contributed by atoms with Crippen LogP contribution in [0, 0.1) is 23.7 Å². The Morgan fingerprint density at radius 2 is 0.547 bits per heavy atom. The summed E-state index contributed by atoms with van der Waals surface area (Å²) in [6.45, 7) is -7.05. The SMILES string of the molecule is COC(=O)c1cc(C#CCNC(=O)c2cc(/C=C3\CN=C(N[C@@H]4O[C@H](CO)[C@@H](O[C@@H]5O[C@H](CO)[C@H](O)[C@H](O)[C@H]5O)[C@H](O)[C@H]4O)S3)cc(/C=C3\CN=C(N[C@@H]4O[C@H](CO)[C@@H](O[C@@H]5O[C@H](CO)[C@H](O)[C@H](O)[C@H]5O)[C@H](O)[C@H]4O)S3)c2)cc(C#CCNC(=O)c2cc(/C=C3\CN=C(N[C@@H]4O[C@H](CO)[C@@H](O[C@@H]5O[C@H](CO)[C@H](O)[C@H](O)[C@H]5O)[C@H](O)[C@H]4O)S3)cc(/C=C3\CN=C(N[C@@H]4O[C@H](CO)[C@@H](O[C@@H]5O[C@H](CO)[C@H](O)[C@H](O)[C@H]5O)[C@H](O)[C@H]4O)S3)c2)c1. The number of rotatable bonds is 29.